The monoisotopic (exact) mass is 445 g/mol. The SMILES string of the molecule is CN=C(NCCCOC(C)C)N1CCC(Cc2ccccc2)C1.I. The molecule has 1 unspecified atom stereocenters. The van der Waals surface area contributed by atoms with E-state index in [0.29, 0.717) is 6.10 Å². The lowest BCUT2D eigenvalue weighted by atomic mass is 9.99. The summed E-state index contributed by atoms with van der Waals surface area (Å²) in [4.78, 5) is 6.82. The molecule has 0 amide bonds. The summed E-state index contributed by atoms with van der Waals surface area (Å²) in [5.74, 6) is 1.75. The largest absolute Gasteiger partial charge is 0.379 e. The number of nitrogens with zero attached hydrogens (tertiary/aromatic N) is 2. The number of benzene rings is 1. The molecule has 24 heavy (non-hydrogen) atoms. The quantitative estimate of drug-likeness (QED) is 0.302. The molecule has 1 heterocycles. The predicted molar refractivity (Wildman–Crippen MR) is 112 cm³/mol. The lowest BCUT2D eigenvalue weighted by molar-refractivity contribution is 0.0776. The maximum absolute atomic E-state index is 5.57. The van der Waals surface area contributed by atoms with Gasteiger partial charge in [-0.05, 0) is 44.6 Å². The molecular weight excluding hydrogens is 413 g/mol. The molecule has 2 rings (SSSR count). The van der Waals surface area contributed by atoms with Crippen LogP contribution >= 0.6 is 24.0 Å². The lowest BCUT2D eigenvalue weighted by Gasteiger charge is -2.22. The number of hydrogen-bond acceptors (Lipinski definition) is 2. The zero-order valence-corrected chi connectivity index (χ0v) is 17.5. The lowest BCUT2D eigenvalue weighted by Crippen LogP contribution is -2.40. The van der Waals surface area contributed by atoms with Crippen molar-refractivity contribution < 1.29 is 4.74 Å². The summed E-state index contributed by atoms with van der Waals surface area (Å²) in [5.41, 5.74) is 1.44. The molecule has 0 spiro atoms. The van der Waals surface area contributed by atoms with Crippen LogP contribution in [0, 0.1) is 5.92 Å². The second-order valence-corrected chi connectivity index (χ2v) is 6.54. The average molecular weight is 445 g/mol. The van der Waals surface area contributed by atoms with Gasteiger partial charge in [-0.3, -0.25) is 4.99 Å². The first-order chi connectivity index (χ1) is 11.2. The van der Waals surface area contributed by atoms with E-state index in [1.807, 2.05) is 7.05 Å². The van der Waals surface area contributed by atoms with Gasteiger partial charge in [0.05, 0.1) is 6.10 Å². The number of likely N-dealkylation sites (tertiary alicyclic amines) is 1. The van der Waals surface area contributed by atoms with Crippen molar-refractivity contribution in [3.05, 3.63) is 35.9 Å². The molecule has 0 bridgehead atoms. The van der Waals surface area contributed by atoms with Gasteiger partial charge in [-0.2, -0.15) is 0 Å². The van der Waals surface area contributed by atoms with Gasteiger partial charge in [0.25, 0.3) is 0 Å². The van der Waals surface area contributed by atoms with Crippen LogP contribution < -0.4 is 5.32 Å². The molecule has 1 aliphatic heterocycles. The first kappa shape index (κ1) is 21.2. The van der Waals surface area contributed by atoms with E-state index >= 15 is 0 Å². The summed E-state index contributed by atoms with van der Waals surface area (Å²) in [6, 6.07) is 10.8. The highest BCUT2D eigenvalue weighted by Crippen LogP contribution is 2.20. The van der Waals surface area contributed by atoms with Gasteiger partial charge in [0, 0.05) is 33.3 Å². The summed E-state index contributed by atoms with van der Waals surface area (Å²) in [5, 5.41) is 3.47. The second-order valence-electron chi connectivity index (χ2n) is 6.54. The fourth-order valence-electron chi connectivity index (χ4n) is 3.06. The van der Waals surface area contributed by atoms with E-state index < -0.39 is 0 Å². The van der Waals surface area contributed by atoms with Crippen molar-refractivity contribution in [1.82, 2.24) is 10.2 Å². The molecule has 1 N–H and O–H groups in total. The van der Waals surface area contributed by atoms with E-state index in [9.17, 15) is 0 Å². The molecule has 4 nitrogen and oxygen atoms in total. The normalized spacial score (nSPS) is 17.9. The van der Waals surface area contributed by atoms with Crippen molar-refractivity contribution in [3.63, 3.8) is 0 Å². The van der Waals surface area contributed by atoms with E-state index in [0.717, 1.165) is 51.0 Å². The molecule has 0 radical (unpaired) electrons. The highest BCUT2D eigenvalue weighted by molar-refractivity contribution is 14.0. The van der Waals surface area contributed by atoms with E-state index in [-0.39, 0.29) is 24.0 Å². The topological polar surface area (TPSA) is 36.9 Å². The van der Waals surface area contributed by atoms with Crippen LogP contribution in [0.5, 0.6) is 0 Å². The Bertz CT molecular complexity index is 479. The summed E-state index contributed by atoms with van der Waals surface area (Å²) >= 11 is 0. The number of nitrogens with one attached hydrogen (secondary N) is 1. The number of rotatable bonds is 7. The molecular formula is C19H32IN3O. The summed E-state index contributed by atoms with van der Waals surface area (Å²) in [6.45, 7) is 8.06. The van der Waals surface area contributed by atoms with Gasteiger partial charge >= 0.3 is 0 Å². The molecule has 1 atom stereocenters. The molecule has 1 aromatic carbocycles. The third-order valence-electron chi connectivity index (χ3n) is 4.22. The van der Waals surface area contributed by atoms with Crippen LogP contribution in [0.3, 0.4) is 0 Å². The zero-order chi connectivity index (χ0) is 16.5. The molecule has 0 aliphatic carbocycles. The Labute approximate surface area is 164 Å². The van der Waals surface area contributed by atoms with E-state index in [1.165, 1.54) is 12.0 Å². The maximum atomic E-state index is 5.57. The molecule has 0 aromatic heterocycles. The van der Waals surface area contributed by atoms with Gasteiger partial charge in [-0.25, -0.2) is 0 Å². The summed E-state index contributed by atoms with van der Waals surface area (Å²) in [6.07, 6.45) is 3.73. The first-order valence-electron chi connectivity index (χ1n) is 8.80. The highest BCUT2D eigenvalue weighted by Gasteiger charge is 2.24. The number of hydrogen-bond donors (Lipinski definition) is 1. The van der Waals surface area contributed by atoms with Crippen LogP contribution in [0.4, 0.5) is 0 Å². The van der Waals surface area contributed by atoms with Crippen molar-refractivity contribution in [2.45, 2.75) is 39.2 Å². The van der Waals surface area contributed by atoms with Gasteiger partial charge in [-0.15, -0.1) is 24.0 Å². The standard InChI is InChI=1S/C19H31N3O.HI/c1-16(2)23-13-7-11-21-19(20-3)22-12-10-18(15-22)14-17-8-5-4-6-9-17;/h4-6,8-9,16,18H,7,10-15H2,1-3H3,(H,20,21);1H. The number of guanidine groups is 1. The van der Waals surface area contributed by atoms with Crippen LogP contribution in [0.15, 0.2) is 35.3 Å². The number of ether oxygens (including phenoxy) is 1. The van der Waals surface area contributed by atoms with Crippen LogP contribution in [0.25, 0.3) is 0 Å². The Balaban J connectivity index is 0.00000288. The fourth-order valence-corrected chi connectivity index (χ4v) is 3.06. The van der Waals surface area contributed by atoms with Crippen molar-refractivity contribution in [1.29, 1.82) is 0 Å². The van der Waals surface area contributed by atoms with Crippen molar-refractivity contribution in [2.24, 2.45) is 10.9 Å². The molecule has 1 fully saturated rings. The molecule has 1 saturated heterocycles. The Morgan fingerprint density at radius 2 is 2.08 bits per heavy atom. The zero-order valence-electron chi connectivity index (χ0n) is 15.2. The van der Waals surface area contributed by atoms with Gasteiger partial charge in [0.1, 0.15) is 0 Å². The minimum atomic E-state index is 0. The van der Waals surface area contributed by atoms with Crippen LogP contribution in [-0.4, -0.2) is 50.3 Å². The minimum Gasteiger partial charge on any atom is -0.379 e. The van der Waals surface area contributed by atoms with E-state index in [4.69, 9.17) is 4.74 Å². The first-order valence-corrected chi connectivity index (χ1v) is 8.80. The third-order valence-corrected chi connectivity index (χ3v) is 4.22. The van der Waals surface area contributed by atoms with Crippen molar-refractivity contribution in [2.75, 3.05) is 33.3 Å². The maximum Gasteiger partial charge on any atom is 0.193 e. The van der Waals surface area contributed by atoms with Crippen LogP contribution in [0.1, 0.15) is 32.3 Å². The molecule has 136 valence electrons. The Morgan fingerprint density at radius 3 is 2.75 bits per heavy atom. The summed E-state index contributed by atoms with van der Waals surface area (Å²) in [7, 11) is 1.87. The van der Waals surface area contributed by atoms with E-state index in [2.05, 4.69) is 59.4 Å². The fraction of sp³-hybridized carbons (Fsp3) is 0.632. The van der Waals surface area contributed by atoms with Gasteiger partial charge in [0.15, 0.2) is 5.96 Å². The smallest absolute Gasteiger partial charge is 0.193 e. The average Bonchev–Trinajstić information content (AvgIpc) is 3.00. The highest BCUT2D eigenvalue weighted by atomic mass is 127. The summed E-state index contributed by atoms with van der Waals surface area (Å²) < 4.78 is 5.57. The Kier molecular flexibility index (Phi) is 10.3. The molecule has 1 aliphatic rings. The van der Waals surface area contributed by atoms with Crippen molar-refractivity contribution >= 4 is 29.9 Å². The third kappa shape index (κ3) is 7.38. The van der Waals surface area contributed by atoms with Gasteiger partial charge < -0.3 is 15.0 Å². The molecule has 5 heteroatoms. The van der Waals surface area contributed by atoms with Crippen LogP contribution in [-0.2, 0) is 11.2 Å². The van der Waals surface area contributed by atoms with Gasteiger partial charge in [0.2, 0.25) is 0 Å². The van der Waals surface area contributed by atoms with Crippen LogP contribution in [0.2, 0.25) is 0 Å². The molecule has 0 saturated carbocycles. The van der Waals surface area contributed by atoms with Gasteiger partial charge in [-0.1, -0.05) is 30.3 Å². The predicted octanol–water partition coefficient (Wildman–Crippen LogP) is 3.56. The second kappa shape index (κ2) is 11.7. The number of aliphatic imine (C=N–C) groups is 1. The Hall–Kier alpha value is -0.820. The number of halogens is 1. The van der Waals surface area contributed by atoms with Crippen molar-refractivity contribution in [3.8, 4) is 0 Å². The molecule has 1 aromatic rings. The minimum absolute atomic E-state index is 0. The Morgan fingerprint density at radius 1 is 1.33 bits per heavy atom. The van der Waals surface area contributed by atoms with E-state index in [1.54, 1.807) is 0 Å².